The monoisotopic (exact) mass is 206 g/mol. The van der Waals surface area contributed by atoms with Crippen LogP contribution in [0, 0.1) is 0 Å². The molecule has 0 spiro atoms. The predicted molar refractivity (Wildman–Crippen MR) is 52.4 cm³/mol. The molecule has 1 aliphatic rings. The van der Waals surface area contributed by atoms with Crippen LogP contribution in [0.4, 0.5) is 4.79 Å². The second-order valence-electron chi connectivity index (χ2n) is 3.14. The van der Waals surface area contributed by atoms with Gasteiger partial charge in [0, 0.05) is 5.56 Å². The molecule has 1 aromatic rings. The van der Waals surface area contributed by atoms with E-state index in [1.165, 1.54) is 7.11 Å². The van der Waals surface area contributed by atoms with Crippen LogP contribution in [0.5, 0.6) is 5.75 Å². The summed E-state index contributed by atoms with van der Waals surface area (Å²) >= 11 is 0. The summed E-state index contributed by atoms with van der Waals surface area (Å²) in [6, 6.07) is 5.94. The van der Waals surface area contributed by atoms with Gasteiger partial charge in [0.25, 0.3) is 5.91 Å². The highest BCUT2D eigenvalue weighted by Crippen LogP contribution is 2.26. The molecule has 2 rings (SSSR count). The second-order valence-corrected chi connectivity index (χ2v) is 3.14. The van der Waals surface area contributed by atoms with Crippen LogP contribution in [0.15, 0.2) is 24.3 Å². The molecule has 1 unspecified atom stereocenters. The third kappa shape index (κ3) is 1.63. The molecule has 1 atom stereocenters. The molecule has 1 aromatic carbocycles. The maximum atomic E-state index is 11.4. The predicted octanol–water partition coefficient (Wildman–Crippen LogP) is 0.576. The molecule has 0 radical (unpaired) electrons. The van der Waals surface area contributed by atoms with Crippen LogP contribution in [-0.4, -0.2) is 19.0 Å². The lowest BCUT2D eigenvalue weighted by Gasteiger charge is -2.11. The average molecular weight is 206 g/mol. The van der Waals surface area contributed by atoms with Crippen LogP contribution in [0.1, 0.15) is 11.6 Å². The Kier molecular flexibility index (Phi) is 2.29. The van der Waals surface area contributed by atoms with Crippen molar-refractivity contribution in [2.75, 3.05) is 7.11 Å². The number of imide groups is 1. The zero-order valence-electron chi connectivity index (χ0n) is 8.11. The van der Waals surface area contributed by atoms with E-state index in [4.69, 9.17) is 4.74 Å². The molecule has 0 saturated carbocycles. The third-order valence-electron chi connectivity index (χ3n) is 2.22. The van der Waals surface area contributed by atoms with Crippen LogP contribution in [0.25, 0.3) is 0 Å². The summed E-state index contributed by atoms with van der Waals surface area (Å²) in [6.07, 6.45) is 0. The third-order valence-corrected chi connectivity index (χ3v) is 2.22. The molecule has 0 bridgehead atoms. The number of urea groups is 1. The summed E-state index contributed by atoms with van der Waals surface area (Å²) in [5.41, 5.74) is 0.656. The molecule has 1 heterocycles. The molecule has 1 aliphatic heterocycles. The molecule has 3 amide bonds. The van der Waals surface area contributed by atoms with Gasteiger partial charge in [-0.25, -0.2) is 4.79 Å². The maximum Gasteiger partial charge on any atom is 0.322 e. The fraction of sp³-hybridized carbons (Fsp3) is 0.200. The molecule has 5 heteroatoms. The van der Waals surface area contributed by atoms with Crippen LogP contribution in [0.3, 0.4) is 0 Å². The Morgan fingerprint density at radius 1 is 1.27 bits per heavy atom. The van der Waals surface area contributed by atoms with E-state index in [0.29, 0.717) is 11.3 Å². The number of nitrogens with one attached hydrogen (secondary N) is 2. The van der Waals surface area contributed by atoms with Crippen LogP contribution >= 0.6 is 0 Å². The first kappa shape index (κ1) is 9.51. The van der Waals surface area contributed by atoms with Crippen molar-refractivity contribution in [3.8, 4) is 5.75 Å². The van der Waals surface area contributed by atoms with Crippen LogP contribution in [0.2, 0.25) is 0 Å². The molecule has 1 saturated heterocycles. The SMILES string of the molecule is COc1ccccc1C1NC(=O)NC1=O. The van der Waals surface area contributed by atoms with Gasteiger partial charge in [-0.15, -0.1) is 0 Å². The van der Waals surface area contributed by atoms with Gasteiger partial charge in [0.15, 0.2) is 0 Å². The lowest BCUT2D eigenvalue weighted by Crippen LogP contribution is -2.22. The molecule has 78 valence electrons. The number of ether oxygens (including phenoxy) is 1. The Bertz CT molecular complexity index is 417. The lowest BCUT2D eigenvalue weighted by molar-refractivity contribution is -0.120. The molecule has 15 heavy (non-hydrogen) atoms. The van der Waals surface area contributed by atoms with Crippen molar-refractivity contribution in [3.05, 3.63) is 29.8 Å². The van der Waals surface area contributed by atoms with Gasteiger partial charge in [-0.2, -0.15) is 0 Å². The zero-order valence-corrected chi connectivity index (χ0v) is 8.11. The summed E-state index contributed by atoms with van der Waals surface area (Å²) in [5, 5.41) is 4.69. The summed E-state index contributed by atoms with van der Waals surface area (Å²) in [5.74, 6) is 0.226. The minimum Gasteiger partial charge on any atom is -0.496 e. The Hall–Kier alpha value is -2.04. The summed E-state index contributed by atoms with van der Waals surface area (Å²) < 4.78 is 5.11. The highest BCUT2D eigenvalue weighted by molar-refractivity contribution is 6.04. The van der Waals surface area contributed by atoms with Crippen molar-refractivity contribution < 1.29 is 14.3 Å². The van der Waals surface area contributed by atoms with Crippen LogP contribution < -0.4 is 15.4 Å². The van der Waals surface area contributed by atoms with Gasteiger partial charge in [-0.3, -0.25) is 10.1 Å². The Morgan fingerprint density at radius 2 is 2.00 bits per heavy atom. The van der Waals surface area contributed by atoms with Gasteiger partial charge in [0.2, 0.25) is 0 Å². The topological polar surface area (TPSA) is 67.4 Å². The minimum atomic E-state index is -0.659. The van der Waals surface area contributed by atoms with Crippen molar-refractivity contribution in [2.24, 2.45) is 0 Å². The fourth-order valence-corrected chi connectivity index (χ4v) is 1.54. The van der Waals surface area contributed by atoms with Gasteiger partial charge < -0.3 is 10.1 Å². The molecule has 2 N–H and O–H groups in total. The van der Waals surface area contributed by atoms with E-state index in [1.807, 2.05) is 0 Å². The fourth-order valence-electron chi connectivity index (χ4n) is 1.54. The first-order chi connectivity index (χ1) is 7.22. The van der Waals surface area contributed by atoms with Gasteiger partial charge in [-0.1, -0.05) is 18.2 Å². The number of amides is 3. The highest BCUT2D eigenvalue weighted by atomic mass is 16.5. The number of carbonyl (C=O) groups is 2. The second kappa shape index (κ2) is 3.61. The lowest BCUT2D eigenvalue weighted by atomic mass is 10.1. The minimum absolute atomic E-state index is 0.357. The van der Waals surface area contributed by atoms with E-state index < -0.39 is 12.1 Å². The summed E-state index contributed by atoms with van der Waals surface area (Å²) in [7, 11) is 1.52. The number of rotatable bonds is 2. The quantitative estimate of drug-likeness (QED) is 0.695. The van der Waals surface area contributed by atoms with E-state index in [0.717, 1.165) is 0 Å². The number of hydrogen-bond acceptors (Lipinski definition) is 3. The Balaban J connectivity index is 2.37. The number of hydrogen-bond donors (Lipinski definition) is 2. The first-order valence-electron chi connectivity index (χ1n) is 4.46. The van der Waals surface area contributed by atoms with Crippen molar-refractivity contribution in [2.45, 2.75) is 6.04 Å². The van der Waals surface area contributed by atoms with Crippen LogP contribution in [-0.2, 0) is 4.79 Å². The standard InChI is InChI=1S/C10H10N2O3/c1-15-7-5-3-2-4-6(7)8-9(13)12-10(14)11-8/h2-5,8H,1H3,(H2,11,12,13,14). The molecule has 0 aliphatic carbocycles. The van der Waals surface area contributed by atoms with E-state index in [-0.39, 0.29) is 5.91 Å². The van der Waals surface area contributed by atoms with E-state index in [9.17, 15) is 9.59 Å². The Labute approximate surface area is 86.4 Å². The van der Waals surface area contributed by atoms with Gasteiger partial charge in [0.1, 0.15) is 11.8 Å². The van der Waals surface area contributed by atoms with Gasteiger partial charge >= 0.3 is 6.03 Å². The maximum absolute atomic E-state index is 11.4. The largest absolute Gasteiger partial charge is 0.496 e. The smallest absolute Gasteiger partial charge is 0.322 e. The van der Waals surface area contributed by atoms with Gasteiger partial charge in [-0.05, 0) is 6.07 Å². The molecule has 0 aromatic heterocycles. The average Bonchev–Trinajstić information content (AvgIpc) is 2.57. The summed E-state index contributed by atoms with van der Waals surface area (Å²) in [4.78, 5) is 22.4. The van der Waals surface area contributed by atoms with E-state index in [1.54, 1.807) is 24.3 Å². The highest BCUT2D eigenvalue weighted by Gasteiger charge is 2.32. The number of benzene rings is 1. The zero-order chi connectivity index (χ0) is 10.8. The number of carbonyl (C=O) groups excluding carboxylic acids is 2. The van der Waals surface area contributed by atoms with Crippen molar-refractivity contribution >= 4 is 11.9 Å². The molecule has 1 fully saturated rings. The van der Waals surface area contributed by atoms with E-state index >= 15 is 0 Å². The van der Waals surface area contributed by atoms with Crippen molar-refractivity contribution in [1.29, 1.82) is 0 Å². The molecular weight excluding hydrogens is 196 g/mol. The van der Waals surface area contributed by atoms with E-state index in [2.05, 4.69) is 10.6 Å². The number of methoxy groups -OCH3 is 1. The van der Waals surface area contributed by atoms with Gasteiger partial charge in [0.05, 0.1) is 7.11 Å². The Morgan fingerprint density at radius 3 is 2.60 bits per heavy atom. The molecular formula is C10H10N2O3. The number of para-hydroxylation sites is 1. The first-order valence-corrected chi connectivity index (χ1v) is 4.46. The van der Waals surface area contributed by atoms with Crippen molar-refractivity contribution in [3.63, 3.8) is 0 Å². The summed E-state index contributed by atoms with van der Waals surface area (Å²) in [6.45, 7) is 0. The normalized spacial score (nSPS) is 19.7. The molecule has 5 nitrogen and oxygen atoms in total. The van der Waals surface area contributed by atoms with Crippen molar-refractivity contribution in [1.82, 2.24) is 10.6 Å².